The molecule has 15 heavy (non-hydrogen) atoms. The number of azide groups is 1. The number of nitrogens with zero attached hydrogens (tertiary/aromatic N) is 3. The summed E-state index contributed by atoms with van der Waals surface area (Å²) >= 11 is 17.7. The molecule has 1 aromatic rings. The molecular weight excluding hydrogens is 256 g/mol. The van der Waals surface area contributed by atoms with Crippen molar-refractivity contribution in [3.8, 4) is 0 Å². The maximum Gasteiger partial charge on any atom is 0.0679 e. The van der Waals surface area contributed by atoms with Crippen LogP contribution in [0, 0.1) is 0 Å². The predicted molar refractivity (Wildman–Crippen MR) is 64.5 cm³/mol. The van der Waals surface area contributed by atoms with Crippen molar-refractivity contribution in [2.75, 3.05) is 6.54 Å². The van der Waals surface area contributed by atoms with Gasteiger partial charge in [-0.1, -0.05) is 52.1 Å². The second-order valence-corrected chi connectivity index (χ2v) is 3.77. The van der Waals surface area contributed by atoms with Crippen LogP contribution < -0.4 is 0 Å². The molecule has 0 aliphatic heterocycles. The van der Waals surface area contributed by atoms with Crippen molar-refractivity contribution >= 4 is 40.9 Å². The van der Waals surface area contributed by atoms with Gasteiger partial charge in [0.2, 0.25) is 0 Å². The summed E-state index contributed by atoms with van der Waals surface area (Å²) in [5.41, 5.74) is 8.69. The number of hydrogen-bond acceptors (Lipinski definition) is 1. The first-order chi connectivity index (χ1) is 7.16. The van der Waals surface area contributed by atoms with E-state index in [0.717, 1.165) is 0 Å². The van der Waals surface area contributed by atoms with Gasteiger partial charge in [-0.05, 0) is 17.7 Å². The Hall–Kier alpha value is -0.860. The molecule has 0 unspecified atom stereocenters. The van der Waals surface area contributed by atoms with Crippen LogP contribution in [0.4, 0.5) is 0 Å². The van der Waals surface area contributed by atoms with Crippen molar-refractivity contribution in [3.05, 3.63) is 49.3 Å². The highest BCUT2D eigenvalue weighted by Crippen LogP contribution is 2.32. The van der Waals surface area contributed by atoms with Crippen LogP contribution in [0.3, 0.4) is 0 Å². The fourth-order valence-electron chi connectivity index (χ4n) is 0.950. The lowest BCUT2D eigenvalue weighted by Gasteiger charge is -2.02. The summed E-state index contributed by atoms with van der Waals surface area (Å²) in [5.74, 6) is 0. The van der Waals surface area contributed by atoms with E-state index < -0.39 is 0 Å². The highest BCUT2D eigenvalue weighted by Gasteiger charge is 2.05. The molecule has 0 heterocycles. The largest absolute Gasteiger partial charge is 0.0899 e. The summed E-state index contributed by atoms with van der Waals surface area (Å²) in [5, 5.41) is 4.67. The number of halogens is 3. The van der Waals surface area contributed by atoms with E-state index in [4.69, 9.17) is 40.3 Å². The Bertz CT molecular complexity index is 436. The first-order valence-electron chi connectivity index (χ1n) is 3.97. The molecule has 0 radical (unpaired) electrons. The van der Waals surface area contributed by atoms with Crippen molar-refractivity contribution in [1.82, 2.24) is 0 Å². The Balaban J connectivity index is 2.98. The standard InChI is InChI=1S/C9H6Cl3N3/c10-7-3-4-8(11)9(12)6(7)2-1-5-14-15-13/h1-4H,5H2. The lowest BCUT2D eigenvalue weighted by Crippen LogP contribution is -1.80. The van der Waals surface area contributed by atoms with Crippen LogP contribution in [-0.4, -0.2) is 6.54 Å². The second kappa shape index (κ2) is 5.89. The van der Waals surface area contributed by atoms with Crippen LogP contribution in [0.2, 0.25) is 15.1 Å². The van der Waals surface area contributed by atoms with Gasteiger partial charge in [0.15, 0.2) is 0 Å². The van der Waals surface area contributed by atoms with Gasteiger partial charge in [-0.25, -0.2) is 0 Å². The van der Waals surface area contributed by atoms with E-state index in [1.54, 1.807) is 24.3 Å². The molecule has 1 rings (SSSR count). The number of hydrogen-bond donors (Lipinski definition) is 0. The van der Waals surface area contributed by atoms with Crippen molar-refractivity contribution < 1.29 is 0 Å². The molecule has 6 heteroatoms. The summed E-state index contributed by atoms with van der Waals surface area (Å²) in [6, 6.07) is 3.28. The molecule has 1 aromatic carbocycles. The lowest BCUT2D eigenvalue weighted by molar-refractivity contribution is 1.22. The Kier molecular flexibility index (Phi) is 4.79. The highest BCUT2D eigenvalue weighted by molar-refractivity contribution is 6.44. The van der Waals surface area contributed by atoms with E-state index >= 15 is 0 Å². The molecule has 0 fully saturated rings. The molecule has 0 atom stereocenters. The Morgan fingerprint density at radius 3 is 2.60 bits per heavy atom. The predicted octanol–water partition coefficient (Wildman–Crippen LogP) is 4.97. The summed E-state index contributed by atoms with van der Waals surface area (Å²) in [4.78, 5) is 2.61. The minimum Gasteiger partial charge on any atom is -0.0899 e. The maximum atomic E-state index is 8.07. The van der Waals surface area contributed by atoms with Gasteiger partial charge in [0.05, 0.1) is 10.0 Å². The van der Waals surface area contributed by atoms with Crippen LogP contribution in [0.1, 0.15) is 5.56 Å². The molecule has 0 saturated carbocycles. The minimum atomic E-state index is 0.246. The van der Waals surface area contributed by atoms with Crippen molar-refractivity contribution in [3.63, 3.8) is 0 Å². The van der Waals surface area contributed by atoms with Crippen molar-refractivity contribution in [2.45, 2.75) is 0 Å². The van der Waals surface area contributed by atoms with Crippen LogP contribution in [0.25, 0.3) is 16.5 Å². The Morgan fingerprint density at radius 1 is 1.27 bits per heavy atom. The van der Waals surface area contributed by atoms with Gasteiger partial charge < -0.3 is 0 Å². The molecule has 0 amide bonds. The summed E-state index contributed by atoms with van der Waals surface area (Å²) in [6.07, 6.45) is 3.33. The quantitative estimate of drug-likeness (QED) is 0.319. The minimum absolute atomic E-state index is 0.246. The van der Waals surface area contributed by atoms with Crippen molar-refractivity contribution in [2.24, 2.45) is 5.11 Å². The van der Waals surface area contributed by atoms with Crippen LogP contribution >= 0.6 is 34.8 Å². The fourth-order valence-corrected chi connectivity index (χ4v) is 1.61. The average molecular weight is 263 g/mol. The van der Waals surface area contributed by atoms with Crippen LogP contribution in [0.5, 0.6) is 0 Å². The molecule has 0 saturated heterocycles. The van der Waals surface area contributed by atoms with Gasteiger partial charge >= 0.3 is 0 Å². The molecule has 0 aliphatic carbocycles. The first-order valence-corrected chi connectivity index (χ1v) is 5.11. The van der Waals surface area contributed by atoms with E-state index in [-0.39, 0.29) is 6.54 Å². The molecule has 0 aromatic heterocycles. The number of benzene rings is 1. The second-order valence-electron chi connectivity index (χ2n) is 2.57. The van der Waals surface area contributed by atoms with E-state index in [1.165, 1.54) is 0 Å². The van der Waals surface area contributed by atoms with Gasteiger partial charge in [0.25, 0.3) is 0 Å². The van der Waals surface area contributed by atoms with E-state index in [1.807, 2.05) is 0 Å². The SMILES string of the molecule is [N-]=[N+]=NCC=Cc1c(Cl)ccc(Cl)c1Cl. The van der Waals surface area contributed by atoms with E-state index in [2.05, 4.69) is 10.0 Å². The molecule has 0 N–H and O–H groups in total. The zero-order valence-electron chi connectivity index (χ0n) is 7.49. The third kappa shape index (κ3) is 3.33. The van der Waals surface area contributed by atoms with Crippen LogP contribution in [-0.2, 0) is 0 Å². The van der Waals surface area contributed by atoms with Gasteiger partial charge in [0.1, 0.15) is 0 Å². The van der Waals surface area contributed by atoms with Gasteiger partial charge in [0, 0.05) is 22.0 Å². The molecule has 78 valence electrons. The van der Waals surface area contributed by atoms with E-state index in [0.29, 0.717) is 20.6 Å². The zero-order valence-corrected chi connectivity index (χ0v) is 9.76. The van der Waals surface area contributed by atoms with E-state index in [9.17, 15) is 0 Å². The molecule has 0 aliphatic rings. The lowest BCUT2D eigenvalue weighted by atomic mass is 10.2. The third-order valence-corrected chi connectivity index (χ3v) is 2.76. The highest BCUT2D eigenvalue weighted by atomic mass is 35.5. The molecule has 0 bridgehead atoms. The summed E-state index contributed by atoms with van der Waals surface area (Å²) in [6.45, 7) is 0.246. The molecule has 3 nitrogen and oxygen atoms in total. The Labute approximate surface area is 102 Å². The monoisotopic (exact) mass is 261 g/mol. The zero-order chi connectivity index (χ0) is 11.3. The summed E-state index contributed by atoms with van der Waals surface area (Å²) < 4.78 is 0. The average Bonchev–Trinajstić information content (AvgIpc) is 2.23. The maximum absolute atomic E-state index is 8.07. The van der Waals surface area contributed by atoms with Gasteiger partial charge in [-0.15, -0.1) is 0 Å². The van der Waals surface area contributed by atoms with Crippen LogP contribution in [0.15, 0.2) is 23.3 Å². The summed E-state index contributed by atoms with van der Waals surface area (Å²) in [7, 11) is 0. The third-order valence-electron chi connectivity index (χ3n) is 1.61. The molecule has 0 spiro atoms. The normalized spacial score (nSPS) is 10.3. The number of rotatable bonds is 3. The smallest absolute Gasteiger partial charge is 0.0679 e. The fraction of sp³-hybridized carbons (Fsp3) is 0.111. The Morgan fingerprint density at radius 2 is 1.93 bits per heavy atom. The molecular formula is C9H6Cl3N3. The van der Waals surface area contributed by atoms with Crippen molar-refractivity contribution in [1.29, 1.82) is 0 Å². The van der Waals surface area contributed by atoms with Gasteiger partial charge in [-0.2, -0.15) is 0 Å². The topological polar surface area (TPSA) is 48.8 Å². The van der Waals surface area contributed by atoms with Gasteiger partial charge in [-0.3, -0.25) is 0 Å². The first kappa shape index (κ1) is 12.2.